The fourth-order valence-corrected chi connectivity index (χ4v) is 3.41. The Morgan fingerprint density at radius 1 is 1.00 bits per heavy atom. The molecular weight excluding hydrogens is 338 g/mol. The van der Waals surface area contributed by atoms with E-state index in [1.165, 1.54) is 0 Å². The van der Waals surface area contributed by atoms with Crippen LogP contribution in [-0.2, 0) is 7.05 Å². The Hall–Kier alpha value is -3.34. The Kier molecular flexibility index (Phi) is 4.07. The zero-order chi connectivity index (χ0) is 19.1. The zero-order valence-corrected chi connectivity index (χ0v) is 15.9. The van der Waals surface area contributed by atoms with Crippen LogP contribution in [0.4, 0.5) is 5.69 Å². The second-order valence-electron chi connectivity index (χ2n) is 6.79. The monoisotopic (exact) mass is 359 g/mol. The van der Waals surface area contributed by atoms with Crippen LogP contribution in [0.2, 0.25) is 0 Å². The van der Waals surface area contributed by atoms with Gasteiger partial charge in [-0.3, -0.25) is 4.79 Å². The third kappa shape index (κ3) is 2.81. The summed E-state index contributed by atoms with van der Waals surface area (Å²) in [6.45, 7) is 0. The summed E-state index contributed by atoms with van der Waals surface area (Å²) >= 11 is 0. The maximum Gasteiger partial charge on any atom is 0.277 e. The molecule has 0 radical (unpaired) electrons. The Morgan fingerprint density at radius 3 is 2.37 bits per heavy atom. The van der Waals surface area contributed by atoms with Crippen LogP contribution in [0.15, 0.2) is 59.4 Å². The maximum absolute atomic E-state index is 13.1. The van der Waals surface area contributed by atoms with Crippen LogP contribution in [0.5, 0.6) is 5.75 Å². The van der Waals surface area contributed by atoms with Crippen molar-refractivity contribution in [1.82, 2.24) is 9.55 Å². The average Bonchev–Trinajstić information content (AvgIpc) is 2.69. The van der Waals surface area contributed by atoms with E-state index in [0.717, 1.165) is 33.1 Å². The number of benzene rings is 3. The van der Waals surface area contributed by atoms with Crippen molar-refractivity contribution in [3.8, 4) is 17.0 Å². The first-order chi connectivity index (χ1) is 13.0. The second kappa shape index (κ2) is 6.43. The van der Waals surface area contributed by atoms with Crippen molar-refractivity contribution >= 4 is 27.5 Å². The summed E-state index contributed by atoms with van der Waals surface area (Å²) in [6.07, 6.45) is 0. The second-order valence-corrected chi connectivity index (χ2v) is 6.79. The topological polar surface area (TPSA) is 47.4 Å². The molecule has 1 heterocycles. The third-order valence-corrected chi connectivity index (χ3v) is 4.88. The summed E-state index contributed by atoms with van der Waals surface area (Å²) in [5, 5.41) is 2.19. The Balaban J connectivity index is 2.07. The van der Waals surface area contributed by atoms with Crippen LogP contribution in [0.1, 0.15) is 0 Å². The molecule has 3 aromatic carbocycles. The number of fused-ring (bicyclic) bond motifs is 2. The number of hydrogen-bond acceptors (Lipinski definition) is 4. The van der Waals surface area contributed by atoms with Crippen molar-refractivity contribution in [2.24, 2.45) is 7.05 Å². The molecule has 0 N–H and O–H groups in total. The first kappa shape index (κ1) is 17.1. The molecule has 5 heteroatoms. The summed E-state index contributed by atoms with van der Waals surface area (Å²) in [5.41, 5.74) is 3.57. The van der Waals surface area contributed by atoms with E-state index < -0.39 is 0 Å². The summed E-state index contributed by atoms with van der Waals surface area (Å²) in [5.74, 6) is 0.693. The van der Waals surface area contributed by atoms with Crippen molar-refractivity contribution in [2.75, 3.05) is 26.1 Å². The summed E-state index contributed by atoms with van der Waals surface area (Å²) in [7, 11) is 7.31. The van der Waals surface area contributed by atoms with Crippen molar-refractivity contribution in [3.05, 3.63) is 65.0 Å². The van der Waals surface area contributed by atoms with E-state index >= 15 is 0 Å². The van der Waals surface area contributed by atoms with Gasteiger partial charge in [-0.15, -0.1) is 0 Å². The molecule has 136 valence electrons. The molecule has 0 fully saturated rings. The number of aryl methyl sites for hydroxylation is 1. The molecule has 0 spiro atoms. The fraction of sp³-hybridized carbons (Fsp3) is 0.182. The van der Waals surface area contributed by atoms with Gasteiger partial charge in [0.1, 0.15) is 11.4 Å². The van der Waals surface area contributed by atoms with E-state index in [1.54, 1.807) is 18.7 Å². The fourth-order valence-electron chi connectivity index (χ4n) is 3.41. The van der Waals surface area contributed by atoms with Crippen molar-refractivity contribution in [3.63, 3.8) is 0 Å². The molecule has 0 amide bonds. The summed E-state index contributed by atoms with van der Waals surface area (Å²) < 4.78 is 7.04. The van der Waals surface area contributed by atoms with Crippen molar-refractivity contribution < 1.29 is 4.74 Å². The van der Waals surface area contributed by atoms with E-state index in [9.17, 15) is 4.79 Å². The van der Waals surface area contributed by atoms with Gasteiger partial charge in [-0.2, -0.15) is 0 Å². The van der Waals surface area contributed by atoms with Gasteiger partial charge in [0.25, 0.3) is 5.56 Å². The molecular formula is C22H21N3O2. The van der Waals surface area contributed by atoms with Crippen LogP contribution in [-0.4, -0.2) is 30.8 Å². The highest BCUT2D eigenvalue weighted by Crippen LogP contribution is 2.32. The minimum Gasteiger partial charge on any atom is -0.497 e. The van der Waals surface area contributed by atoms with Crippen LogP contribution in [0.25, 0.3) is 33.1 Å². The van der Waals surface area contributed by atoms with Crippen molar-refractivity contribution in [2.45, 2.75) is 0 Å². The predicted molar refractivity (Wildman–Crippen MR) is 111 cm³/mol. The zero-order valence-electron chi connectivity index (χ0n) is 15.9. The number of rotatable bonds is 3. The highest BCUT2D eigenvalue weighted by atomic mass is 16.5. The van der Waals surface area contributed by atoms with Gasteiger partial charge in [0.05, 0.1) is 18.1 Å². The molecule has 0 bridgehead atoms. The average molecular weight is 359 g/mol. The number of hydrogen-bond donors (Lipinski definition) is 0. The molecule has 5 nitrogen and oxygen atoms in total. The van der Waals surface area contributed by atoms with Gasteiger partial charge in [0.15, 0.2) is 0 Å². The van der Waals surface area contributed by atoms with Gasteiger partial charge < -0.3 is 14.2 Å². The lowest BCUT2D eigenvalue weighted by molar-refractivity contribution is 0.415. The smallest absolute Gasteiger partial charge is 0.277 e. The maximum atomic E-state index is 13.1. The minimum absolute atomic E-state index is 0.130. The quantitative estimate of drug-likeness (QED) is 0.522. The molecule has 0 aliphatic carbocycles. The molecule has 0 saturated heterocycles. The number of methoxy groups -OCH3 is 1. The molecule has 0 saturated carbocycles. The van der Waals surface area contributed by atoms with E-state index in [1.807, 2.05) is 67.5 Å². The molecule has 0 atom stereocenters. The summed E-state index contributed by atoms with van der Waals surface area (Å²) in [6, 6.07) is 17.8. The molecule has 27 heavy (non-hydrogen) atoms. The molecule has 4 rings (SSSR count). The number of anilines is 1. The molecule has 1 aromatic heterocycles. The van der Waals surface area contributed by atoms with E-state index in [-0.39, 0.29) is 5.56 Å². The number of aromatic nitrogens is 2. The SMILES string of the molecule is COc1ccc(N(C)C)c(-c2nc3cc4ccccc4cc3n(C)c2=O)c1. The van der Waals surface area contributed by atoms with Crippen LogP contribution in [0, 0.1) is 0 Å². The third-order valence-electron chi connectivity index (χ3n) is 4.88. The first-order valence-corrected chi connectivity index (χ1v) is 8.75. The van der Waals surface area contributed by atoms with E-state index in [0.29, 0.717) is 11.4 Å². The van der Waals surface area contributed by atoms with E-state index in [4.69, 9.17) is 9.72 Å². The van der Waals surface area contributed by atoms with Gasteiger partial charge >= 0.3 is 0 Å². The summed E-state index contributed by atoms with van der Waals surface area (Å²) in [4.78, 5) is 19.9. The lowest BCUT2D eigenvalue weighted by Crippen LogP contribution is -2.22. The first-order valence-electron chi connectivity index (χ1n) is 8.75. The highest BCUT2D eigenvalue weighted by Gasteiger charge is 2.17. The standard InChI is InChI=1S/C22H21N3O2/c1-24(2)19-10-9-16(27-4)13-17(19)21-22(26)25(3)20-12-15-8-6-5-7-14(15)11-18(20)23-21/h5-13H,1-4H3. The largest absolute Gasteiger partial charge is 0.497 e. The van der Waals surface area contributed by atoms with E-state index in [2.05, 4.69) is 6.07 Å². The van der Waals surface area contributed by atoms with Gasteiger partial charge in [0.2, 0.25) is 0 Å². The van der Waals surface area contributed by atoms with Gasteiger partial charge in [-0.25, -0.2) is 4.98 Å². The Labute approximate surface area is 157 Å². The van der Waals surface area contributed by atoms with Gasteiger partial charge in [-0.1, -0.05) is 24.3 Å². The Morgan fingerprint density at radius 2 is 1.70 bits per heavy atom. The van der Waals surface area contributed by atoms with Gasteiger partial charge in [-0.05, 0) is 41.1 Å². The van der Waals surface area contributed by atoms with Crippen LogP contribution >= 0.6 is 0 Å². The lowest BCUT2D eigenvalue weighted by Gasteiger charge is -2.18. The van der Waals surface area contributed by atoms with Crippen LogP contribution in [0.3, 0.4) is 0 Å². The molecule has 0 aliphatic rings. The minimum atomic E-state index is -0.130. The highest BCUT2D eigenvalue weighted by molar-refractivity contribution is 5.96. The van der Waals surface area contributed by atoms with Crippen LogP contribution < -0.4 is 15.2 Å². The molecule has 0 unspecified atom stereocenters. The number of nitrogens with zero attached hydrogens (tertiary/aromatic N) is 3. The Bertz CT molecular complexity index is 1230. The molecule has 4 aromatic rings. The predicted octanol–water partition coefficient (Wildman–Crippen LogP) is 3.83. The molecule has 0 aliphatic heterocycles. The lowest BCUT2D eigenvalue weighted by atomic mass is 10.1. The van der Waals surface area contributed by atoms with Crippen molar-refractivity contribution in [1.29, 1.82) is 0 Å². The van der Waals surface area contributed by atoms with Gasteiger partial charge in [0, 0.05) is 32.4 Å². The number of ether oxygens (including phenoxy) is 1. The normalized spacial score (nSPS) is 11.1.